The van der Waals surface area contributed by atoms with Crippen LogP contribution in [0.5, 0.6) is 0 Å². The van der Waals surface area contributed by atoms with Gasteiger partial charge in [0.2, 0.25) is 0 Å². The van der Waals surface area contributed by atoms with Gasteiger partial charge in [-0.25, -0.2) is 0 Å². The van der Waals surface area contributed by atoms with Gasteiger partial charge in [-0.1, -0.05) is 62.4 Å². The summed E-state index contributed by atoms with van der Waals surface area (Å²) in [6, 6.07) is 16.2. The van der Waals surface area contributed by atoms with E-state index >= 15 is 0 Å². The Hall–Kier alpha value is -1.64. The second-order valence-corrected chi connectivity index (χ2v) is 6.56. The molecular formula is C19H23NO. The highest BCUT2D eigenvalue weighted by Gasteiger charge is 2.42. The summed E-state index contributed by atoms with van der Waals surface area (Å²) in [4.78, 5) is 0. The molecule has 2 aromatic carbocycles. The first kappa shape index (κ1) is 14.3. The largest absolute Gasteiger partial charge is 0.380 e. The zero-order chi connectivity index (χ0) is 15.0. The second kappa shape index (κ2) is 5.28. The predicted octanol–water partition coefficient (Wildman–Crippen LogP) is 3.52. The third-order valence-corrected chi connectivity index (χ3v) is 4.37. The first-order chi connectivity index (χ1) is 10.0. The van der Waals surface area contributed by atoms with Crippen molar-refractivity contribution in [2.45, 2.75) is 38.3 Å². The Morgan fingerprint density at radius 1 is 1.19 bits per heavy atom. The molecule has 2 unspecified atom stereocenters. The zero-order valence-electron chi connectivity index (χ0n) is 12.7. The van der Waals surface area contributed by atoms with E-state index in [9.17, 15) is 5.11 Å². The summed E-state index contributed by atoms with van der Waals surface area (Å²) in [6.45, 7) is 4.42. The first-order valence-corrected chi connectivity index (χ1v) is 7.67. The van der Waals surface area contributed by atoms with Crippen LogP contribution >= 0.6 is 0 Å². The lowest BCUT2D eigenvalue weighted by Crippen LogP contribution is -2.25. The molecule has 0 aliphatic heterocycles. The summed E-state index contributed by atoms with van der Waals surface area (Å²) in [5, 5.41) is 11.3. The Morgan fingerprint density at radius 3 is 2.71 bits per heavy atom. The smallest absolute Gasteiger partial charge is 0.117 e. The van der Waals surface area contributed by atoms with E-state index in [1.807, 2.05) is 36.4 Å². The quantitative estimate of drug-likeness (QED) is 0.904. The third kappa shape index (κ3) is 2.50. The monoisotopic (exact) mass is 281 g/mol. The molecule has 2 heteroatoms. The number of hydrogen-bond donors (Lipinski definition) is 2. The van der Waals surface area contributed by atoms with Crippen LogP contribution in [0.15, 0.2) is 48.5 Å². The molecule has 1 aliphatic rings. The van der Waals surface area contributed by atoms with Crippen LogP contribution in [0.4, 0.5) is 0 Å². The van der Waals surface area contributed by atoms with Gasteiger partial charge >= 0.3 is 0 Å². The topological polar surface area (TPSA) is 46.2 Å². The Labute approximate surface area is 126 Å². The Bertz CT molecular complexity index is 650. The molecule has 0 fully saturated rings. The minimum atomic E-state index is -0.955. The number of rotatable bonds is 3. The first-order valence-electron chi connectivity index (χ1n) is 7.67. The molecule has 2 aromatic rings. The molecule has 2 nitrogen and oxygen atoms in total. The lowest BCUT2D eigenvalue weighted by molar-refractivity contribution is 0.0775. The van der Waals surface area contributed by atoms with E-state index in [2.05, 4.69) is 26.0 Å². The van der Waals surface area contributed by atoms with Crippen molar-refractivity contribution >= 4 is 0 Å². The van der Waals surface area contributed by atoms with Crippen molar-refractivity contribution in [3.05, 3.63) is 70.8 Å². The van der Waals surface area contributed by atoms with Gasteiger partial charge in [-0.2, -0.15) is 0 Å². The van der Waals surface area contributed by atoms with Crippen LogP contribution in [0.25, 0.3) is 0 Å². The molecule has 2 atom stereocenters. The van der Waals surface area contributed by atoms with Crippen LogP contribution in [0.1, 0.15) is 48.6 Å². The molecule has 1 aliphatic carbocycles. The maximum Gasteiger partial charge on any atom is 0.117 e. The zero-order valence-corrected chi connectivity index (χ0v) is 12.7. The van der Waals surface area contributed by atoms with Crippen molar-refractivity contribution in [1.82, 2.24) is 0 Å². The van der Waals surface area contributed by atoms with Crippen molar-refractivity contribution in [2.24, 2.45) is 11.7 Å². The van der Waals surface area contributed by atoms with Crippen LogP contribution in [-0.4, -0.2) is 5.11 Å². The third-order valence-electron chi connectivity index (χ3n) is 4.37. The maximum absolute atomic E-state index is 11.3. The van der Waals surface area contributed by atoms with Crippen molar-refractivity contribution in [3.63, 3.8) is 0 Å². The van der Waals surface area contributed by atoms with Crippen LogP contribution in [0.3, 0.4) is 0 Å². The summed E-state index contributed by atoms with van der Waals surface area (Å²) in [6.07, 6.45) is 1.58. The van der Waals surface area contributed by atoms with Gasteiger partial charge in [0, 0.05) is 12.5 Å². The minimum Gasteiger partial charge on any atom is -0.380 e. The van der Waals surface area contributed by atoms with E-state index in [0.717, 1.165) is 23.1 Å². The van der Waals surface area contributed by atoms with Gasteiger partial charge in [-0.3, -0.25) is 0 Å². The van der Waals surface area contributed by atoms with E-state index in [0.29, 0.717) is 12.3 Å². The molecule has 0 aromatic heterocycles. The Balaban J connectivity index is 2.04. The van der Waals surface area contributed by atoms with Crippen molar-refractivity contribution < 1.29 is 5.11 Å². The highest BCUT2D eigenvalue weighted by atomic mass is 16.3. The number of hydrogen-bond acceptors (Lipinski definition) is 2. The number of fused-ring (bicyclic) bond motifs is 1. The molecule has 3 N–H and O–H groups in total. The molecule has 0 heterocycles. The fourth-order valence-corrected chi connectivity index (χ4v) is 3.44. The van der Waals surface area contributed by atoms with Gasteiger partial charge in [0.15, 0.2) is 0 Å². The standard InChI is InChI=1S/C19H23NO/c1-13(2)10-14-6-5-7-15(11-14)19(21)12-18(20)16-8-3-4-9-17(16)19/h3-9,11,13,18,21H,10,12,20H2,1-2H3. The van der Waals surface area contributed by atoms with Crippen LogP contribution in [0, 0.1) is 5.92 Å². The molecule has 0 amide bonds. The van der Waals surface area contributed by atoms with E-state index in [4.69, 9.17) is 5.73 Å². The molecular weight excluding hydrogens is 258 g/mol. The fraction of sp³-hybridized carbons (Fsp3) is 0.368. The van der Waals surface area contributed by atoms with E-state index in [1.165, 1.54) is 5.56 Å². The summed E-state index contributed by atoms with van der Waals surface area (Å²) in [7, 11) is 0. The number of benzene rings is 2. The van der Waals surface area contributed by atoms with Crippen LogP contribution < -0.4 is 5.73 Å². The summed E-state index contributed by atoms with van der Waals surface area (Å²) in [5.74, 6) is 0.605. The molecule has 0 saturated heterocycles. The maximum atomic E-state index is 11.3. The van der Waals surface area contributed by atoms with E-state index in [1.54, 1.807) is 0 Å². The van der Waals surface area contributed by atoms with Crippen molar-refractivity contribution in [3.8, 4) is 0 Å². The predicted molar refractivity (Wildman–Crippen MR) is 86.0 cm³/mol. The van der Waals surface area contributed by atoms with E-state index < -0.39 is 5.60 Å². The number of nitrogens with two attached hydrogens (primary N) is 1. The molecule has 0 bridgehead atoms. The molecule has 3 rings (SSSR count). The molecule has 0 spiro atoms. The van der Waals surface area contributed by atoms with Crippen LogP contribution in [0.2, 0.25) is 0 Å². The number of aliphatic hydroxyl groups is 1. The highest BCUT2D eigenvalue weighted by Crippen LogP contribution is 2.46. The second-order valence-electron chi connectivity index (χ2n) is 6.56. The summed E-state index contributed by atoms with van der Waals surface area (Å²) < 4.78 is 0. The summed E-state index contributed by atoms with van der Waals surface area (Å²) >= 11 is 0. The van der Waals surface area contributed by atoms with E-state index in [-0.39, 0.29) is 6.04 Å². The SMILES string of the molecule is CC(C)Cc1cccc(C2(O)CC(N)c3ccccc32)c1. The summed E-state index contributed by atoms with van der Waals surface area (Å²) in [5.41, 5.74) is 9.52. The average Bonchev–Trinajstić information content (AvgIpc) is 2.72. The molecule has 0 saturated carbocycles. The van der Waals surface area contributed by atoms with Gasteiger partial charge < -0.3 is 10.8 Å². The molecule has 0 radical (unpaired) electrons. The normalized spacial score (nSPS) is 24.3. The lowest BCUT2D eigenvalue weighted by atomic mass is 9.86. The van der Waals surface area contributed by atoms with Gasteiger partial charge in [0.05, 0.1) is 0 Å². The van der Waals surface area contributed by atoms with Gasteiger partial charge in [0.1, 0.15) is 5.60 Å². The lowest BCUT2D eigenvalue weighted by Gasteiger charge is -2.25. The molecule has 21 heavy (non-hydrogen) atoms. The average molecular weight is 281 g/mol. The van der Waals surface area contributed by atoms with Gasteiger partial charge in [-0.15, -0.1) is 0 Å². The Morgan fingerprint density at radius 2 is 1.95 bits per heavy atom. The Kier molecular flexibility index (Phi) is 3.60. The minimum absolute atomic E-state index is 0.0973. The van der Waals surface area contributed by atoms with Gasteiger partial charge in [-0.05, 0) is 34.6 Å². The highest BCUT2D eigenvalue weighted by molar-refractivity contribution is 5.47. The molecule has 110 valence electrons. The van der Waals surface area contributed by atoms with Crippen molar-refractivity contribution in [1.29, 1.82) is 0 Å². The van der Waals surface area contributed by atoms with Crippen LogP contribution in [-0.2, 0) is 12.0 Å². The van der Waals surface area contributed by atoms with Crippen molar-refractivity contribution in [2.75, 3.05) is 0 Å². The fourth-order valence-electron chi connectivity index (χ4n) is 3.44. The van der Waals surface area contributed by atoms with Gasteiger partial charge in [0.25, 0.3) is 0 Å².